The SMILES string of the molecule is Cc1cc(CO)n(-c2ccc(F)cc2I)n1. The van der Waals surface area contributed by atoms with Gasteiger partial charge < -0.3 is 5.11 Å². The van der Waals surface area contributed by atoms with E-state index in [9.17, 15) is 9.50 Å². The summed E-state index contributed by atoms with van der Waals surface area (Å²) in [5, 5.41) is 13.5. The molecule has 0 aliphatic carbocycles. The molecule has 2 rings (SSSR count). The fourth-order valence-electron chi connectivity index (χ4n) is 1.53. The molecule has 1 aromatic heterocycles. The van der Waals surface area contributed by atoms with Gasteiger partial charge in [0.15, 0.2) is 0 Å². The molecule has 1 N–H and O–H groups in total. The average Bonchev–Trinajstić information content (AvgIpc) is 2.59. The van der Waals surface area contributed by atoms with Gasteiger partial charge in [0.05, 0.1) is 23.7 Å². The Kier molecular flexibility index (Phi) is 3.25. The van der Waals surface area contributed by atoms with Crippen LogP contribution in [-0.2, 0) is 6.61 Å². The van der Waals surface area contributed by atoms with Crippen LogP contribution in [0.15, 0.2) is 24.3 Å². The molecule has 0 unspecified atom stereocenters. The van der Waals surface area contributed by atoms with Crippen LogP contribution in [0.3, 0.4) is 0 Å². The van der Waals surface area contributed by atoms with E-state index in [0.717, 1.165) is 15.0 Å². The molecule has 0 saturated carbocycles. The molecule has 1 aromatic carbocycles. The van der Waals surface area contributed by atoms with Crippen LogP contribution in [-0.4, -0.2) is 14.9 Å². The molecule has 0 aliphatic rings. The van der Waals surface area contributed by atoms with Crippen molar-refractivity contribution in [3.63, 3.8) is 0 Å². The van der Waals surface area contributed by atoms with Crippen LogP contribution in [0.1, 0.15) is 11.4 Å². The summed E-state index contributed by atoms with van der Waals surface area (Å²) >= 11 is 2.05. The average molecular weight is 332 g/mol. The molecule has 0 amide bonds. The molecule has 0 spiro atoms. The fraction of sp³-hybridized carbons (Fsp3) is 0.182. The Bertz CT molecular complexity index is 525. The molecule has 0 saturated heterocycles. The highest BCUT2D eigenvalue weighted by molar-refractivity contribution is 14.1. The third kappa shape index (κ3) is 2.10. The topological polar surface area (TPSA) is 38.0 Å². The monoisotopic (exact) mass is 332 g/mol. The largest absolute Gasteiger partial charge is 0.390 e. The smallest absolute Gasteiger partial charge is 0.124 e. The molecule has 5 heteroatoms. The van der Waals surface area contributed by atoms with Gasteiger partial charge in [0.1, 0.15) is 5.82 Å². The van der Waals surface area contributed by atoms with Gasteiger partial charge in [-0.25, -0.2) is 9.07 Å². The Morgan fingerprint density at radius 2 is 2.19 bits per heavy atom. The fourth-order valence-corrected chi connectivity index (χ4v) is 2.23. The second kappa shape index (κ2) is 4.50. The van der Waals surface area contributed by atoms with Gasteiger partial charge in [-0.1, -0.05) is 0 Å². The van der Waals surface area contributed by atoms with E-state index in [2.05, 4.69) is 5.10 Å². The van der Waals surface area contributed by atoms with Crippen molar-refractivity contribution in [2.75, 3.05) is 0 Å². The van der Waals surface area contributed by atoms with Crippen molar-refractivity contribution >= 4 is 22.6 Å². The van der Waals surface area contributed by atoms with Crippen molar-refractivity contribution in [1.82, 2.24) is 9.78 Å². The van der Waals surface area contributed by atoms with E-state index in [0.29, 0.717) is 5.69 Å². The molecule has 16 heavy (non-hydrogen) atoms. The van der Waals surface area contributed by atoms with Crippen LogP contribution < -0.4 is 0 Å². The number of aliphatic hydroxyl groups excluding tert-OH is 1. The first-order valence-corrected chi connectivity index (χ1v) is 5.81. The number of aryl methyl sites for hydroxylation is 1. The molecule has 3 nitrogen and oxygen atoms in total. The van der Waals surface area contributed by atoms with E-state index in [1.165, 1.54) is 12.1 Å². The number of aliphatic hydroxyl groups is 1. The summed E-state index contributed by atoms with van der Waals surface area (Å²) < 4.78 is 15.4. The molecule has 0 aliphatic heterocycles. The zero-order valence-corrected chi connectivity index (χ0v) is 10.8. The van der Waals surface area contributed by atoms with E-state index in [-0.39, 0.29) is 12.4 Å². The van der Waals surface area contributed by atoms with E-state index < -0.39 is 0 Å². The Morgan fingerprint density at radius 3 is 2.81 bits per heavy atom. The van der Waals surface area contributed by atoms with Crippen LogP contribution in [0.25, 0.3) is 5.69 Å². The number of nitrogens with zero attached hydrogens (tertiary/aromatic N) is 2. The maximum atomic E-state index is 13.0. The molecular weight excluding hydrogens is 322 g/mol. The second-order valence-corrected chi connectivity index (χ2v) is 4.60. The third-order valence-corrected chi connectivity index (χ3v) is 3.07. The minimum atomic E-state index is -0.275. The van der Waals surface area contributed by atoms with E-state index in [1.807, 2.05) is 29.5 Å². The molecule has 1 heterocycles. The lowest BCUT2D eigenvalue weighted by Crippen LogP contribution is -2.04. The first kappa shape index (κ1) is 11.5. The van der Waals surface area contributed by atoms with Crippen LogP contribution in [0.5, 0.6) is 0 Å². The lowest BCUT2D eigenvalue weighted by atomic mass is 10.3. The number of halogens is 2. The van der Waals surface area contributed by atoms with E-state index >= 15 is 0 Å². The maximum Gasteiger partial charge on any atom is 0.124 e. The highest BCUT2D eigenvalue weighted by Crippen LogP contribution is 2.20. The second-order valence-electron chi connectivity index (χ2n) is 3.44. The normalized spacial score (nSPS) is 10.8. The van der Waals surface area contributed by atoms with Crippen molar-refractivity contribution in [2.24, 2.45) is 0 Å². The van der Waals surface area contributed by atoms with Crippen molar-refractivity contribution in [2.45, 2.75) is 13.5 Å². The molecular formula is C11H10FIN2O. The summed E-state index contributed by atoms with van der Waals surface area (Å²) in [6.07, 6.45) is 0. The maximum absolute atomic E-state index is 13.0. The third-order valence-electron chi connectivity index (χ3n) is 2.21. The minimum absolute atomic E-state index is 0.0890. The van der Waals surface area contributed by atoms with E-state index in [4.69, 9.17) is 0 Å². The number of aromatic nitrogens is 2. The van der Waals surface area contributed by atoms with E-state index in [1.54, 1.807) is 16.8 Å². The van der Waals surface area contributed by atoms with Gasteiger partial charge in [0.2, 0.25) is 0 Å². The number of hydrogen-bond donors (Lipinski definition) is 1. The number of rotatable bonds is 2. The highest BCUT2D eigenvalue weighted by atomic mass is 127. The molecule has 0 fully saturated rings. The predicted octanol–water partition coefficient (Wildman–Crippen LogP) is 2.42. The molecule has 2 aromatic rings. The Hall–Kier alpha value is -0.950. The first-order chi connectivity index (χ1) is 7.61. The van der Waals surface area contributed by atoms with Crippen LogP contribution in [0.4, 0.5) is 4.39 Å². The lowest BCUT2D eigenvalue weighted by Gasteiger charge is -2.07. The highest BCUT2D eigenvalue weighted by Gasteiger charge is 2.10. The molecule has 0 radical (unpaired) electrons. The van der Waals surface area contributed by atoms with Crippen molar-refractivity contribution < 1.29 is 9.50 Å². The van der Waals surface area contributed by atoms with Gasteiger partial charge in [-0.3, -0.25) is 0 Å². The summed E-state index contributed by atoms with van der Waals surface area (Å²) in [5.41, 5.74) is 2.30. The van der Waals surface area contributed by atoms with Gasteiger partial charge >= 0.3 is 0 Å². The zero-order chi connectivity index (χ0) is 11.7. The number of benzene rings is 1. The number of hydrogen-bond acceptors (Lipinski definition) is 2. The molecule has 0 atom stereocenters. The van der Waals surface area contributed by atoms with Gasteiger partial charge in [-0.15, -0.1) is 0 Å². The Morgan fingerprint density at radius 1 is 1.44 bits per heavy atom. The standard InChI is InChI=1S/C11H10FIN2O/c1-7-4-9(6-16)15(14-7)11-3-2-8(12)5-10(11)13/h2-5,16H,6H2,1H3. The quantitative estimate of drug-likeness (QED) is 0.858. The predicted molar refractivity (Wildman–Crippen MR) is 66.9 cm³/mol. The lowest BCUT2D eigenvalue weighted by molar-refractivity contribution is 0.273. The van der Waals surface area contributed by atoms with Crippen molar-refractivity contribution in [3.8, 4) is 5.69 Å². The minimum Gasteiger partial charge on any atom is -0.390 e. The summed E-state index contributed by atoms with van der Waals surface area (Å²) in [5.74, 6) is -0.275. The summed E-state index contributed by atoms with van der Waals surface area (Å²) in [4.78, 5) is 0. The molecule has 84 valence electrons. The van der Waals surface area contributed by atoms with Gasteiger partial charge in [-0.05, 0) is 53.8 Å². The zero-order valence-electron chi connectivity index (χ0n) is 8.61. The van der Waals surface area contributed by atoms with Crippen LogP contribution in [0, 0.1) is 16.3 Å². The Balaban J connectivity index is 2.57. The first-order valence-electron chi connectivity index (χ1n) is 4.73. The van der Waals surface area contributed by atoms with Crippen molar-refractivity contribution in [3.05, 3.63) is 45.0 Å². The van der Waals surface area contributed by atoms with Gasteiger partial charge in [0, 0.05) is 3.57 Å². The summed E-state index contributed by atoms with van der Waals surface area (Å²) in [6.45, 7) is 1.76. The summed E-state index contributed by atoms with van der Waals surface area (Å²) in [6, 6.07) is 6.28. The van der Waals surface area contributed by atoms with Crippen molar-refractivity contribution in [1.29, 1.82) is 0 Å². The van der Waals surface area contributed by atoms with Gasteiger partial charge in [0.25, 0.3) is 0 Å². The Labute approximate surface area is 106 Å². The van der Waals surface area contributed by atoms with Crippen LogP contribution in [0.2, 0.25) is 0 Å². The molecule has 0 bridgehead atoms. The van der Waals surface area contributed by atoms with Crippen LogP contribution >= 0.6 is 22.6 Å². The summed E-state index contributed by atoms with van der Waals surface area (Å²) in [7, 11) is 0. The van der Waals surface area contributed by atoms with Gasteiger partial charge in [-0.2, -0.15) is 5.10 Å².